The number of aryl methyl sites for hydroxylation is 2. The van der Waals surface area contributed by atoms with Gasteiger partial charge in [0.25, 0.3) is 5.91 Å². The predicted molar refractivity (Wildman–Crippen MR) is 127 cm³/mol. The number of hydrogen-bond donors (Lipinski definition) is 3. The Bertz CT molecular complexity index is 1350. The lowest BCUT2D eigenvalue weighted by atomic mass is 9.92. The third kappa shape index (κ3) is 4.13. The molecule has 1 fully saturated rings. The summed E-state index contributed by atoms with van der Waals surface area (Å²) in [6, 6.07) is 7.48. The van der Waals surface area contributed by atoms with Gasteiger partial charge < -0.3 is 24.8 Å². The molecule has 34 heavy (non-hydrogen) atoms. The second-order valence-electron chi connectivity index (χ2n) is 8.74. The lowest BCUT2D eigenvalue weighted by Crippen LogP contribution is -2.46. The van der Waals surface area contributed by atoms with Crippen LogP contribution in [0.5, 0.6) is 0 Å². The van der Waals surface area contributed by atoms with Gasteiger partial charge in [0.2, 0.25) is 5.89 Å². The molecule has 0 spiro atoms. The molecule has 1 aliphatic heterocycles. The van der Waals surface area contributed by atoms with E-state index in [9.17, 15) is 15.0 Å². The molecule has 1 amide bonds. The minimum Gasteiger partial charge on any atom is -0.444 e. The van der Waals surface area contributed by atoms with Gasteiger partial charge >= 0.3 is 0 Å². The monoisotopic (exact) mass is 462 g/mol. The van der Waals surface area contributed by atoms with Crippen LogP contribution >= 0.6 is 0 Å². The van der Waals surface area contributed by atoms with Crippen LogP contribution in [-0.2, 0) is 7.05 Å². The summed E-state index contributed by atoms with van der Waals surface area (Å²) < 4.78 is 7.29. The number of aromatic nitrogens is 4. The van der Waals surface area contributed by atoms with E-state index < -0.39 is 11.5 Å². The molecule has 5 rings (SSSR count). The van der Waals surface area contributed by atoms with Crippen molar-refractivity contribution in [3.05, 3.63) is 54.3 Å². The number of hydrogen-bond acceptors (Lipinski definition) is 8. The zero-order valence-electron chi connectivity index (χ0n) is 19.0. The fraction of sp³-hybridized carbons (Fsp3) is 0.333. The molecule has 1 saturated heterocycles. The third-order valence-electron chi connectivity index (χ3n) is 6.32. The van der Waals surface area contributed by atoms with Gasteiger partial charge in [0.15, 0.2) is 5.69 Å². The summed E-state index contributed by atoms with van der Waals surface area (Å²) in [6.07, 6.45) is 5.64. The standard InChI is InChI=1S/C24H26N6O4/c1-15-9-16(3-6-25-15)23-28-19(13-34-23)22(32)27-18-11-20-17(12-26-29(20)2)10-21(18)30-7-4-24(33,14-31)5-8-30/h3,6,9-13,31,33H,4-5,7-8,14H2,1-2H3,(H,27,32). The normalized spacial score (nSPS) is 15.6. The minimum absolute atomic E-state index is 0.161. The van der Waals surface area contributed by atoms with Crippen LogP contribution in [0.25, 0.3) is 22.4 Å². The molecule has 10 heteroatoms. The van der Waals surface area contributed by atoms with E-state index in [-0.39, 0.29) is 12.3 Å². The Hall–Kier alpha value is -3.76. The maximum atomic E-state index is 13.1. The number of anilines is 2. The maximum absolute atomic E-state index is 13.1. The van der Waals surface area contributed by atoms with E-state index in [4.69, 9.17) is 4.42 Å². The number of benzene rings is 1. The molecular formula is C24H26N6O4. The molecule has 1 aromatic carbocycles. The summed E-state index contributed by atoms with van der Waals surface area (Å²) in [5, 5.41) is 28.1. The van der Waals surface area contributed by atoms with Gasteiger partial charge in [-0.25, -0.2) is 4.98 Å². The Kier molecular flexibility index (Phi) is 5.54. The van der Waals surface area contributed by atoms with Crippen LogP contribution in [0.4, 0.5) is 11.4 Å². The van der Waals surface area contributed by atoms with E-state index in [0.29, 0.717) is 37.5 Å². The Labute approximate surface area is 195 Å². The molecule has 176 valence electrons. The van der Waals surface area contributed by atoms with Crippen LogP contribution in [0.15, 0.2) is 47.3 Å². The van der Waals surface area contributed by atoms with Gasteiger partial charge in [0, 0.05) is 43.0 Å². The number of oxazole rings is 1. The van der Waals surface area contributed by atoms with E-state index in [1.165, 1.54) is 6.26 Å². The first-order chi connectivity index (χ1) is 16.3. The summed E-state index contributed by atoms with van der Waals surface area (Å²) >= 11 is 0. The molecule has 3 N–H and O–H groups in total. The van der Waals surface area contributed by atoms with Crippen LogP contribution in [0.3, 0.4) is 0 Å². The second-order valence-corrected chi connectivity index (χ2v) is 8.74. The molecule has 4 heterocycles. The molecule has 0 atom stereocenters. The predicted octanol–water partition coefficient (Wildman–Crippen LogP) is 2.51. The van der Waals surface area contributed by atoms with Gasteiger partial charge in [-0.05, 0) is 44.0 Å². The van der Waals surface area contributed by atoms with Crippen molar-refractivity contribution in [1.82, 2.24) is 19.7 Å². The first kappa shape index (κ1) is 22.1. The van der Waals surface area contributed by atoms with Gasteiger partial charge in [-0.3, -0.25) is 14.5 Å². The first-order valence-corrected chi connectivity index (χ1v) is 11.1. The number of rotatable bonds is 5. The lowest BCUT2D eigenvalue weighted by Gasteiger charge is -2.39. The summed E-state index contributed by atoms with van der Waals surface area (Å²) in [6.45, 7) is 2.69. The fourth-order valence-electron chi connectivity index (χ4n) is 4.25. The molecule has 0 aliphatic carbocycles. The number of aliphatic hydroxyl groups is 2. The topological polar surface area (TPSA) is 130 Å². The van der Waals surface area contributed by atoms with Crippen LogP contribution < -0.4 is 10.2 Å². The average molecular weight is 463 g/mol. The highest BCUT2D eigenvalue weighted by molar-refractivity contribution is 6.06. The quantitative estimate of drug-likeness (QED) is 0.413. The van der Waals surface area contributed by atoms with Crippen LogP contribution in [-0.4, -0.2) is 61.2 Å². The van der Waals surface area contributed by atoms with E-state index >= 15 is 0 Å². The zero-order chi connectivity index (χ0) is 23.9. The van der Waals surface area contributed by atoms with Crippen molar-refractivity contribution in [3.63, 3.8) is 0 Å². The van der Waals surface area contributed by atoms with E-state index in [0.717, 1.165) is 27.8 Å². The van der Waals surface area contributed by atoms with Crippen molar-refractivity contribution in [2.75, 3.05) is 29.9 Å². The molecule has 10 nitrogen and oxygen atoms in total. The molecule has 0 unspecified atom stereocenters. The highest BCUT2D eigenvalue weighted by Crippen LogP contribution is 2.35. The highest BCUT2D eigenvalue weighted by Gasteiger charge is 2.32. The van der Waals surface area contributed by atoms with Crippen molar-refractivity contribution in [3.8, 4) is 11.5 Å². The zero-order valence-corrected chi connectivity index (χ0v) is 19.0. The average Bonchev–Trinajstić information content (AvgIpc) is 3.47. The first-order valence-electron chi connectivity index (χ1n) is 11.1. The number of nitrogens with zero attached hydrogens (tertiary/aromatic N) is 5. The Morgan fingerprint density at radius 1 is 1.26 bits per heavy atom. The van der Waals surface area contributed by atoms with Crippen LogP contribution in [0.2, 0.25) is 0 Å². The molecule has 4 aromatic rings. The Morgan fingerprint density at radius 3 is 2.79 bits per heavy atom. The van der Waals surface area contributed by atoms with Crippen molar-refractivity contribution in [2.45, 2.75) is 25.4 Å². The van der Waals surface area contributed by atoms with Crippen LogP contribution in [0, 0.1) is 6.92 Å². The number of piperidine rings is 1. The number of nitrogens with one attached hydrogen (secondary N) is 1. The third-order valence-corrected chi connectivity index (χ3v) is 6.32. The summed E-state index contributed by atoms with van der Waals surface area (Å²) in [7, 11) is 1.84. The Morgan fingerprint density at radius 2 is 2.06 bits per heavy atom. The fourth-order valence-corrected chi connectivity index (χ4v) is 4.25. The summed E-state index contributed by atoms with van der Waals surface area (Å²) in [5.74, 6) is -0.0512. The van der Waals surface area contributed by atoms with E-state index in [2.05, 4.69) is 25.3 Å². The van der Waals surface area contributed by atoms with Crippen molar-refractivity contribution in [1.29, 1.82) is 0 Å². The number of carbonyl (C=O) groups is 1. The summed E-state index contributed by atoms with van der Waals surface area (Å²) in [4.78, 5) is 23.7. The van der Waals surface area contributed by atoms with Gasteiger partial charge in [0.05, 0.1) is 35.3 Å². The number of aliphatic hydroxyl groups excluding tert-OH is 1. The smallest absolute Gasteiger partial charge is 0.277 e. The lowest BCUT2D eigenvalue weighted by molar-refractivity contribution is -0.0325. The summed E-state index contributed by atoms with van der Waals surface area (Å²) in [5.41, 5.74) is 2.96. The van der Waals surface area contributed by atoms with Crippen LogP contribution in [0.1, 0.15) is 29.0 Å². The number of fused-ring (bicyclic) bond motifs is 1. The molecule has 3 aromatic heterocycles. The molecule has 0 radical (unpaired) electrons. The van der Waals surface area contributed by atoms with Crippen molar-refractivity contribution in [2.24, 2.45) is 7.05 Å². The minimum atomic E-state index is -1.07. The number of amides is 1. The van der Waals surface area contributed by atoms with E-state index in [1.54, 1.807) is 23.1 Å². The Balaban J connectivity index is 1.44. The van der Waals surface area contributed by atoms with Crippen molar-refractivity contribution >= 4 is 28.2 Å². The molecule has 0 saturated carbocycles. The largest absolute Gasteiger partial charge is 0.444 e. The van der Waals surface area contributed by atoms with Gasteiger partial charge in [-0.15, -0.1) is 0 Å². The second kappa shape index (κ2) is 8.54. The molecule has 1 aliphatic rings. The van der Waals surface area contributed by atoms with Crippen molar-refractivity contribution < 1.29 is 19.4 Å². The number of pyridine rings is 1. The molecule has 0 bridgehead atoms. The maximum Gasteiger partial charge on any atom is 0.277 e. The SMILES string of the molecule is Cc1cc(-c2nc(C(=O)Nc3cc4c(cnn4C)cc3N3CCC(O)(CO)CC3)co2)ccn1. The van der Waals surface area contributed by atoms with Gasteiger partial charge in [-0.2, -0.15) is 5.10 Å². The number of carbonyl (C=O) groups excluding carboxylic acids is 1. The van der Waals surface area contributed by atoms with E-state index in [1.807, 2.05) is 32.2 Å². The highest BCUT2D eigenvalue weighted by atomic mass is 16.3. The van der Waals surface area contributed by atoms with Gasteiger partial charge in [0.1, 0.15) is 6.26 Å². The van der Waals surface area contributed by atoms with Gasteiger partial charge in [-0.1, -0.05) is 0 Å². The molecular weight excluding hydrogens is 436 g/mol.